The molecule has 0 saturated heterocycles. The molecule has 2 aromatic rings. The number of amides is 2. The average molecular weight is 391 g/mol. The number of hydrogen-bond donors (Lipinski definition) is 2. The Kier molecular flexibility index (Phi) is 7.08. The van der Waals surface area contributed by atoms with Crippen LogP contribution in [0.5, 0.6) is 17.2 Å². The zero-order chi connectivity index (χ0) is 19.8. The van der Waals surface area contributed by atoms with Crippen LogP contribution in [0, 0.1) is 0 Å². The molecule has 0 fully saturated rings. The maximum absolute atomic E-state index is 12.3. The van der Waals surface area contributed by atoms with E-state index in [1.807, 2.05) is 0 Å². The lowest BCUT2D eigenvalue weighted by molar-refractivity contribution is -0.117. The van der Waals surface area contributed by atoms with Gasteiger partial charge in [-0.25, -0.2) is 0 Å². The van der Waals surface area contributed by atoms with Gasteiger partial charge in [-0.2, -0.15) is 0 Å². The van der Waals surface area contributed by atoms with Crippen molar-refractivity contribution in [2.75, 3.05) is 21.3 Å². The number of rotatable bonds is 6. The molecule has 0 unspecified atom stereocenters. The predicted molar refractivity (Wildman–Crippen MR) is 102 cm³/mol. The van der Waals surface area contributed by atoms with E-state index < -0.39 is 11.8 Å². The number of halogens is 1. The number of ether oxygens (including phenoxy) is 3. The molecular weight excluding hydrogens is 372 g/mol. The second kappa shape index (κ2) is 9.49. The summed E-state index contributed by atoms with van der Waals surface area (Å²) in [6.07, 6.45) is 2.81. The van der Waals surface area contributed by atoms with Crippen molar-refractivity contribution in [1.29, 1.82) is 0 Å². The first-order valence-corrected chi connectivity index (χ1v) is 8.21. The van der Waals surface area contributed by atoms with Gasteiger partial charge in [0.25, 0.3) is 11.8 Å². The van der Waals surface area contributed by atoms with E-state index in [1.165, 1.54) is 39.5 Å². The number of carbonyl (C=O) groups excluding carboxylic acids is 2. The van der Waals surface area contributed by atoms with Crippen LogP contribution >= 0.6 is 11.6 Å². The van der Waals surface area contributed by atoms with Gasteiger partial charge in [0.2, 0.25) is 5.75 Å². The number of hydrogen-bond acceptors (Lipinski definition) is 5. The van der Waals surface area contributed by atoms with E-state index in [1.54, 1.807) is 30.3 Å². The standard InChI is InChI=1S/C19H19ClN2O5/c1-25-15-10-13(11-16(26-2)18(15)27-3)19(24)22-21-17(23)9-8-12-6-4-5-7-14(12)20/h4-11H,1-3H3,(H,21,23)(H,22,24)/b9-8+. The van der Waals surface area contributed by atoms with Gasteiger partial charge >= 0.3 is 0 Å². The summed E-state index contributed by atoms with van der Waals surface area (Å²) in [5, 5.41) is 0.517. The zero-order valence-electron chi connectivity index (χ0n) is 15.0. The molecule has 0 aliphatic rings. The molecule has 0 radical (unpaired) electrons. The minimum Gasteiger partial charge on any atom is -0.493 e. The molecule has 0 aromatic heterocycles. The van der Waals surface area contributed by atoms with Gasteiger partial charge in [-0.3, -0.25) is 20.4 Å². The Balaban J connectivity index is 2.05. The van der Waals surface area contributed by atoms with E-state index in [-0.39, 0.29) is 5.56 Å². The molecule has 0 saturated carbocycles. The van der Waals surface area contributed by atoms with Crippen molar-refractivity contribution in [3.63, 3.8) is 0 Å². The van der Waals surface area contributed by atoms with E-state index in [0.29, 0.717) is 27.8 Å². The maximum atomic E-state index is 12.3. The van der Waals surface area contributed by atoms with Gasteiger partial charge in [-0.1, -0.05) is 29.8 Å². The first kappa shape index (κ1) is 20.1. The normalized spacial score (nSPS) is 10.4. The lowest BCUT2D eigenvalue weighted by atomic mass is 10.1. The van der Waals surface area contributed by atoms with Crippen molar-refractivity contribution >= 4 is 29.5 Å². The number of methoxy groups -OCH3 is 3. The van der Waals surface area contributed by atoms with Gasteiger partial charge in [0, 0.05) is 16.7 Å². The quantitative estimate of drug-likeness (QED) is 0.585. The second-order valence-corrected chi connectivity index (χ2v) is 5.62. The average Bonchev–Trinajstić information content (AvgIpc) is 2.70. The summed E-state index contributed by atoms with van der Waals surface area (Å²) >= 11 is 6.01. The summed E-state index contributed by atoms with van der Waals surface area (Å²) in [6, 6.07) is 10.0. The van der Waals surface area contributed by atoms with Gasteiger partial charge in [-0.05, 0) is 29.8 Å². The van der Waals surface area contributed by atoms with E-state index in [4.69, 9.17) is 25.8 Å². The molecule has 0 bridgehead atoms. The summed E-state index contributed by atoms with van der Waals surface area (Å²) in [5.74, 6) is -0.0494. The molecule has 0 aliphatic heterocycles. The summed E-state index contributed by atoms with van der Waals surface area (Å²) in [5.41, 5.74) is 5.52. The van der Waals surface area contributed by atoms with Crippen LogP contribution in [0.15, 0.2) is 42.5 Å². The predicted octanol–water partition coefficient (Wildman–Crippen LogP) is 2.84. The number of nitrogens with one attached hydrogen (secondary N) is 2. The highest BCUT2D eigenvalue weighted by molar-refractivity contribution is 6.32. The molecule has 0 atom stereocenters. The van der Waals surface area contributed by atoms with Gasteiger partial charge in [0.15, 0.2) is 11.5 Å². The highest BCUT2D eigenvalue weighted by atomic mass is 35.5. The van der Waals surface area contributed by atoms with Crippen LogP contribution in [0.2, 0.25) is 5.02 Å². The van der Waals surface area contributed by atoms with Gasteiger partial charge in [0.05, 0.1) is 21.3 Å². The van der Waals surface area contributed by atoms with Gasteiger partial charge in [0.1, 0.15) is 0 Å². The first-order valence-electron chi connectivity index (χ1n) is 7.83. The van der Waals surface area contributed by atoms with Crippen molar-refractivity contribution in [3.8, 4) is 17.2 Å². The first-order chi connectivity index (χ1) is 13.0. The second-order valence-electron chi connectivity index (χ2n) is 5.21. The van der Waals surface area contributed by atoms with Gasteiger partial charge < -0.3 is 14.2 Å². The molecular formula is C19H19ClN2O5. The maximum Gasteiger partial charge on any atom is 0.269 e. The minimum atomic E-state index is -0.547. The summed E-state index contributed by atoms with van der Waals surface area (Å²) in [6.45, 7) is 0. The fourth-order valence-corrected chi connectivity index (χ4v) is 2.42. The molecule has 142 valence electrons. The highest BCUT2D eigenvalue weighted by Crippen LogP contribution is 2.38. The largest absolute Gasteiger partial charge is 0.493 e. The summed E-state index contributed by atoms with van der Waals surface area (Å²) < 4.78 is 15.6. The fraction of sp³-hybridized carbons (Fsp3) is 0.158. The Morgan fingerprint density at radius 1 is 0.963 bits per heavy atom. The minimum absolute atomic E-state index is 0.222. The Labute approximate surface area is 161 Å². The SMILES string of the molecule is COc1cc(C(=O)NNC(=O)/C=C/c2ccccc2Cl)cc(OC)c1OC. The topological polar surface area (TPSA) is 85.9 Å². The lowest BCUT2D eigenvalue weighted by Crippen LogP contribution is -2.40. The molecule has 2 amide bonds. The monoisotopic (exact) mass is 390 g/mol. The fourth-order valence-electron chi connectivity index (χ4n) is 2.22. The number of benzene rings is 2. The Morgan fingerprint density at radius 3 is 2.15 bits per heavy atom. The van der Waals surface area contributed by atoms with Crippen LogP contribution in [-0.2, 0) is 4.79 Å². The molecule has 8 heteroatoms. The Morgan fingerprint density at radius 2 is 1.59 bits per heavy atom. The third kappa shape index (κ3) is 5.15. The molecule has 0 spiro atoms. The third-order valence-corrected chi connectivity index (χ3v) is 3.89. The number of hydrazine groups is 1. The van der Waals surface area contributed by atoms with Crippen molar-refractivity contribution in [3.05, 3.63) is 58.6 Å². The molecule has 0 heterocycles. The molecule has 2 N–H and O–H groups in total. The Bertz CT molecular complexity index is 842. The van der Waals surface area contributed by atoms with Crippen LogP contribution in [0.25, 0.3) is 6.08 Å². The van der Waals surface area contributed by atoms with Gasteiger partial charge in [-0.15, -0.1) is 0 Å². The summed E-state index contributed by atoms with van der Waals surface area (Å²) in [7, 11) is 4.35. The molecule has 0 aliphatic carbocycles. The van der Waals surface area contributed by atoms with Crippen molar-refractivity contribution < 1.29 is 23.8 Å². The van der Waals surface area contributed by atoms with E-state index in [9.17, 15) is 9.59 Å². The van der Waals surface area contributed by atoms with Crippen LogP contribution < -0.4 is 25.1 Å². The van der Waals surface area contributed by atoms with Crippen LogP contribution in [0.4, 0.5) is 0 Å². The molecule has 7 nitrogen and oxygen atoms in total. The van der Waals surface area contributed by atoms with E-state index in [0.717, 1.165) is 0 Å². The smallest absolute Gasteiger partial charge is 0.269 e. The zero-order valence-corrected chi connectivity index (χ0v) is 15.8. The third-order valence-electron chi connectivity index (χ3n) is 3.55. The molecule has 27 heavy (non-hydrogen) atoms. The van der Waals surface area contributed by atoms with Crippen LogP contribution in [-0.4, -0.2) is 33.1 Å². The lowest BCUT2D eigenvalue weighted by Gasteiger charge is -2.14. The van der Waals surface area contributed by atoms with Crippen LogP contribution in [0.1, 0.15) is 15.9 Å². The van der Waals surface area contributed by atoms with E-state index in [2.05, 4.69) is 10.9 Å². The molecule has 2 rings (SSSR count). The molecule has 2 aromatic carbocycles. The van der Waals surface area contributed by atoms with Crippen molar-refractivity contribution in [2.24, 2.45) is 0 Å². The van der Waals surface area contributed by atoms with Crippen LogP contribution in [0.3, 0.4) is 0 Å². The summed E-state index contributed by atoms with van der Waals surface area (Å²) in [4.78, 5) is 24.2. The highest BCUT2D eigenvalue weighted by Gasteiger charge is 2.17. The number of carbonyl (C=O) groups is 2. The van der Waals surface area contributed by atoms with E-state index >= 15 is 0 Å². The Hall–Kier alpha value is -3.19. The van der Waals surface area contributed by atoms with Crippen molar-refractivity contribution in [2.45, 2.75) is 0 Å². The van der Waals surface area contributed by atoms with Crippen molar-refractivity contribution in [1.82, 2.24) is 10.9 Å².